The molecule has 1 aromatic carbocycles. The Labute approximate surface area is 136 Å². The van der Waals surface area contributed by atoms with E-state index in [0.29, 0.717) is 37.6 Å². The number of rotatable bonds is 3. The van der Waals surface area contributed by atoms with Crippen LogP contribution in [-0.4, -0.2) is 49.1 Å². The van der Waals surface area contributed by atoms with E-state index >= 15 is 0 Å². The summed E-state index contributed by atoms with van der Waals surface area (Å²) in [5, 5.41) is 2.75. The summed E-state index contributed by atoms with van der Waals surface area (Å²) in [4.78, 5) is 26.0. The highest BCUT2D eigenvalue weighted by atomic mass is 35.5. The van der Waals surface area contributed by atoms with Gasteiger partial charge in [-0.15, -0.1) is 12.4 Å². The van der Waals surface area contributed by atoms with Crippen molar-refractivity contribution < 1.29 is 14.3 Å². The van der Waals surface area contributed by atoms with E-state index in [0.717, 1.165) is 5.56 Å². The van der Waals surface area contributed by atoms with Crippen LogP contribution in [-0.2, 0) is 9.53 Å². The molecule has 0 spiro atoms. The van der Waals surface area contributed by atoms with Crippen molar-refractivity contribution in [2.45, 2.75) is 19.9 Å². The number of halogens is 1. The number of amides is 2. The van der Waals surface area contributed by atoms with Crippen LogP contribution in [0.15, 0.2) is 18.2 Å². The molecule has 0 radical (unpaired) electrons. The Morgan fingerprint density at radius 3 is 2.55 bits per heavy atom. The first kappa shape index (κ1) is 18.4. The van der Waals surface area contributed by atoms with E-state index in [1.165, 1.54) is 0 Å². The molecule has 1 saturated heterocycles. The van der Waals surface area contributed by atoms with Crippen LogP contribution in [0.25, 0.3) is 0 Å². The Hall–Kier alpha value is -1.63. The normalized spacial score (nSPS) is 15.7. The Balaban J connectivity index is 0.00000242. The molecule has 0 saturated carbocycles. The molecule has 3 N–H and O–H groups in total. The fraction of sp³-hybridized carbons (Fsp3) is 0.467. The standard InChI is InChI=1S/C15H21N3O3.ClH/c1-10-12(15(20)18-6-8-21-9-7-18)4-3-5-13(10)17-14(19)11(2)16;/h3-5,11H,6-9,16H2,1-2H3,(H,17,19);1H/t11-;/m0./s1. The van der Waals surface area contributed by atoms with Gasteiger partial charge in [-0.1, -0.05) is 6.07 Å². The summed E-state index contributed by atoms with van der Waals surface area (Å²) in [6.45, 7) is 5.75. The zero-order valence-electron chi connectivity index (χ0n) is 12.8. The third-order valence-electron chi connectivity index (χ3n) is 3.53. The highest BCUT2D eigenvalue weighted by Crippen LogP contribution is 2.21. The smallest absolute Gasteiger partial charge is 0.254 e. The minimum absolute atomic E-state index is 0. The maximum absolute atomic E-state index is 12.5. The molecular formula is C15H22ClN3O3. The van der Waals surface area contributed by atoms with Crippen molar-refractivity contribution in [3.63, 3.8) is 0 Å². The van der Waals surface area contributed by atoms with Crippen molar-refractivity contribution in [3.8, 4) is 0 Å². The average Bonchev–Trinajstić information content (AvgIpc) is 2.49. The average molecular weight is 328 g/mol. The van der Waals surface area contributed by atoms with E-state index in [1.54, 1.807) is 30.0 Å². The van der Waals surface area contributed by atoms with Crippen molar-refractivity contribution in [2.75, 3.05) is 31.6 Å². The van der Waals surface area contributed by atoms with Crippen LogP contribution in [0, 0.1) is 6.92 Å². The monoisotopic (exact) mass is 327 g/mol. The van der Waals surface area contributed by atoms with Gasteiger partial charge in [0.15, 0.2) is 0 Å². The molecule has 1 heterocycles. The van der Waals surface area contributed by atoms with Gasteiger partial charge < -0.3 is 20.7 Å². The fourth-order valence-corrected chi connectivity index (χ4v) is 2.19. The summed E-state index contributed by atoms with van der Waals surface area (Å²) in [5.74, 6) is -0.304. The van der Waals surface area contributed by atoms with Gasteiger partial charge >= 0.3 is 0 Å². The third kappa shape index (κ3) is 4.19. The van der Waals surface area contributed by atoms with Crippen LogP contribution in [0.3, 0.4) is 0 Å². The van der Waals surface area contributed by atoms with Crippen molar-refractivity contribution in [1.82, 2.24) is 4.90 Å². The summed E-state index contributed by atoms with van der Waals surface area (Å²) in [6.07, 6.45) is 0. The van der Waals surface area contributed by atoms with Gasteiger partial charge in [-0.2, -0.15) is 0 Å². The number of hydrogen-bond donors (Lipinski definition) is 2. The molecule has 122 valence electrons. The first-order valence-corrected chi connectivity index (χ1v) is 7.04. The van der Waals surface area contributed by atoms with E-state index < -0.39 is 6.04 Å². The number of hydrogen-bond acceptors (Lipinski definition) is 4. The Morgan fingerprint density at radius 1 is 1.32 bits per heavy atom. The topological polar surface area (TPSA) is 84.7 Å². The molecule has 1 aliphatic rings. The molecule has 1 aliphatic heterocycles. The molecule has 7 heteroatoms. The number of benzene rings is 1. The lowest BCUT2D eigenvalue weighted by Gasteiger charge is -2.27. The second kappa shape index (κ2) is 8.12. The summed E-state index contributed by atoms with van der Waals surface area (Å²) in [5.41, 5.74) is 7.52. The van der Waals surface area contributed by atoms with Crippen LogP contribution < -0.4 is 11.1 Å². The number of anilines is 1. The Kier molecular flexibility index (Phi) is 6.80. The summed E-state index contributed by atoms with van der Waals surface area (Å²) >= 11 is 0. The molecule has 1 fully saturated rings. The van der Waals surface area contributed by atoms with Crippen LogP contribution in [0.2, 0.25) is 0 Å². The largest absolute Gasteiger partial charge is 0.378 e. The fourth-order valence-electron chi connectivity index (χ4n) is 2.19. The lowest BCUT2D eigenvalue weighted by atomic mass is 10.0. The number of nitrogens with zero attached hydrogens (tertiary/aromatic N) is 1. The molecule has 2 amide bonds. The van der Waals surface area contributed by atoms with Gasteiger partial charge in [0.25, 0.3) is 5.91 Å². The highest BCUT2D eigenvalue weighted by molar-refractivity contribution is 6.00. The maximum atomic E-state index is 12.5. The first-order valence-electron chi connectivity index (χ1n) is 7.04. The lowest BCUT2D eigenvalue weighted by molar-refractivity contribution is -0.117. The number of morpholine rings is 1. The number of nitrogens with one attached hydrogen (secondary N) is 1. The highest BCUT2D eigenvalue weighted by Gasteiger charge is 2.21. The molecule has 1 aromatic rings. The van der Waals surface area contributed by atoms with Gasteiger partial charge in [0.2, 0.25) is 5.91 Å². The molecule has 0 aromatic heterocycles. The molecule has 0 unspecified atom stereocenters. The van der Waals surface area contributed by atoms with Gasteiger partial charge in [-0.3, -0.25) is 9.59 Å². The lowest BCUT2D eigenvalue weighted by Crippen LogP contribution is -2.41. The molecule has 0 aliphatic carbocycles. The minimum atomic E-state index is -0.594. The predicted molar refractivity (Wildman–Crippen MR) is 87.4 cm³/mol. The van der Waals surface area contributed by atoms with Crippen molar-refractivity contribution >= 4 is 29.9 Å². The summed E-state index contributed by atoms with van der Waals surface area (Å²) in [7, 11) is 0. The van der Waals surface area contributed by atoms with E-state index in [2.05, 4.69) is 5.32 Å². The summed E-state index contributed by atoms with van der Waals surface area (Å²) < 4.78 is 5.25. The van der Waals surface area contributed by atoms with E-state index in [1.807, 2.05) is 6.92 Å². The number of carbonyl (C=O) groups is 2. The van der Waals surface area contributed by atoms with Crippen LogP contribution in [0.5, 0.6) is 0 Å². The number of carbonyl (C=O) groups excluding carboxylic acids is 2. The minimum Gasteiger partial charge on any atom is -0.378 e. The van der Waals surface area contributed by atoms with E-state index in [-0.39, 0.29) is 24.2 Å². The molecule has 22 heavy (non-hydrogen) atoms. The van der Waals surface area contributed by atoms with Gasteiger partial charge in [0.1, 0.15) is 0 Å². The quantitative estimate of drug-likeness (QED) is 0.873. The van der Waals surface area contributed by atoms with E-state index in [9.17, 15) is 9.59 Å². The van der Waals surface area contributed by atoms with E-state index in [4.69, 9.17) is 10.5 Å². The van der Waals surface area contributed by atoms with Crippen molar-refractivity contribution in [1.29, 1.82) is 0 Å². The number of nitrogens with two attached hydrogens (primary N) is 1. The second-order valence-corrected chi connectivity index (χ2v) is 5.16. The van der Waals surface area contributed by atoms with Crippen LogP contribution >= 0.6 is 12.4 Å². The zero-order chi connectivity index (χ0) is 15.4. The molecule has 6 nitrogen and oxygen atoms in total. The number of ether oxygens (including phenoxy) is 1. The molecular weight excluding hydrogens is 306 g/mol. The van der Waals surface area contributed by atoms with Crippen LogP contribution in [0.4, 0.5) is 5.69 Å². The first-order chi connectivity index (χ1) is 10.0. The van der Waals surface area contributed by atoms with Gasteiger partial charge in [0.05, 0.1) is 19.3 Å². The molecule has 0 bridgehead atoms. The van der Waals surface area contributed by atoms with Gasteiger partial charge in [-0.25, -0.2) is 0 Å². The zero-order valence-corrected chi connectivity index (χ0v) is 13.6. The SMILES string of the molecule is Cc1c(NC(=O)[C@H](C)N)cccc1C(=O)N1CCOCC1.Cl. The third-order valence-corrected chi connectivity index (χ3v) is 3.53. The van der Waals surface area contributed by atoms with Crippen LogP contribution in [0.1, 0.15) is 22.8 Å². The Morgan fingerprint density at radius 2 is 1.95 bits per heavy atom. The molecule has 1 atom stereocenters. The second-order valence-electron chi connectivity index (χ2n) is 5.16. The predicted octanol–water partition coefficient (Wildman–Crippen LogP) is 1.17. The summed E-state index contributed by atoms with van der Waals surface area (Å²) in [6, 6.07) is 4.71. The molecule has 2 rings (SSSR count). The van der Waals surface area contributed by atoms with Crippen molar-refractivity contribution in [3.05, 3.63) is 29.3 Å². The Bertz CT molecular complexity index is 543. The maximum Gasteiger partial charge on any atom is 0.254 e. The van der Waals surface area contributed by atoms with Crippen molar-refractivity contribution in [2.24, 2.45) is 5.73 Å². The van der Waals surface area contributed by atoms with Gasteiger partial charge in [-0.05, 0) is 31.5 Å². The van der Waals surface area contributed by atoms with Gasteiger partial charge in [0, 0.05) is 24.3 Å².